The normalized spacial score (nSPS) is 19.0. The summed E-state index contributed by atoms with van der Waals surface area (Å²) >= 11 is 3.48. The predicted octanol–water partition coefficient (Wildman–Crippen LogP) is 3.40. The van der Waals surface area contributed by atoms with Gasteiger partial charge in [-0.25, -0.2) is 0 Å². The van der Waals surface area contributed by atoms with E-state index in [0.29, 0.717) is 13.1 Å². The maximum absolute atomic E-state index is 13.0. The number of amides is 2. The van der Waals surface area contributed by atoms with Gasteiger partial charge in [-0.1, -0.05) is 15.9 Å². The topological polar surface area (TPSA) is 49.9 Å². The highest BCUT2D eigenvalue weighted by Crippen LogP contribution is 2.34. The lowest BCUT2D eigenvalue weighted by molar-refractivity contribution is -0.124. The van der Waals surface area contributed by atoms with Gasteiger partial charge in [0.25, 0.3) is 0 Å². The molecule has 2 aromatic carbocycles. The Morgan fingerprint density at radius 3 is 2.69 bits per heavy atom. The predicted molar refractivity (Wildman–Crippen MR) is 104 cm³/mol. The van der Waals surface area contributed by atoms with E-state index >= 15 is 0 Å². The second-order valence-electron chi connectivity index (χ2n) is 6.62. The Balaban J connectivity index is 1.51. The third-order valence-electron chi connectivity index (χ3n) is 5.06. The molecule has 26 heavy (non-hydrogen) atoms. The van der Waals surface area contributed by atoms with Crippen LogP contribution in [0.4, 0.5) is 11.4 Å². The molecule has 2 aliphatic heterocycles. The Bertz CT molecular complexity index is 866. The van der Waals surface area contributed by atoms with Crippen LogP contribution in [0.5, 0.6) is 5.75 Å². The van der Waals surface area contributed by atoms with Crippen LogP contribution in [-0.2, 0) is 16.0 Å². The van der Waals surface area contributed by atoms with Crippen LogP contribution in [-0.4, -0.2) is 32.0 Å². The molecule has 0 radical (unpaired) electrons. The molecule has 1 atom stereocenters. The van der Waals surface area contributed by atoms with E-state index in [1.54, 1.807) is 12.0 Å². The van der Waals surface area contributed by atoms with Gasteiger partial charge in [-0.15, -0.1) is 0 Å². The number of benzene rings is 2. The van der Waals surface area contributed by atoms with Crippen LogP contribution in [0.2, 0.25) is 0 Å². The van der Waals surface area contributed by atoms with Crippen molar-refractivity contribution in [1.82, 2.24) is 0 Å². The van der Waals surface area contributed by atoms with Crippen LogP contribution in [0, 0.1) is 5.92 Å². The number of nitrogens with zero attached hydrogens (tertiary/aromatic N) is 2. The third-order valence-corrected chi connectivity index (χ3v) is 5.55. The highest BCUT2D eigenvalue weighted by Gasteiger charge is 2.39. The van der Waals surface area contributed by atoms with Crippen LogP contribution in [0.3, 0.4) is 0 Å². The van der Waals surface area contributed by atoms with Crippen molar-refractivity contribution < 1.29 is 14.3 Å². The molecule has 134 valence electrons. The van der Waals surface area contributed by atoms with Gasteiger partial charge < -0.3 is 14.5 Å². The van der Waals surface area contributed by atoms with E-state index in [-0.39, 0.29) is 24.2 Å². The van der Waals surface area contributed by atoms with Crippen molar-refractivity contribution in [2.75, 3.05) is 30.0 Å². The minimum absolute atomic E-state index is 0.0104. The van der Waals surface area contributed by atoms with Gasteiger partial charge in [-0.05, 0) is 54.4 Å². The summed E-state index contributed by atoms with van der Waals surface area (Å²) in [5.41, 5.74) is 2.94. The van der Waals surface area contributed by atoms with Gasteiger partial charge in [0, 0.05) is 35.4 Å². The molecule has 0 aromatic heterocycles. The van der Waals surface area contributed by atoms with Gasteiger partial charge in [-0.2, -0.15) is 0 Å². The fraction of sp³-hybridized carbons (Fsp3) is 0.300. The van der Waals surface area contributed by atoms with Crippen molar-refractivity contribution in [2.24, 2.45) is 5.92 Å². The van der Waals surface area contributed by atoms with Crippen molar-refractivity contribution >= 4 is 39.1 Å². The number of hydrogen-bond donors (Lipinski definition) is 0. The van der Waals surface area contributed by atoms with E-state index in [1.807, 2.05) is 41.3 Å². The van der Waals surface area contributed by atoms with Crippen LogP contribution in [0.1, 0.15) is 12.0 Å². The number of fused-ring (bicyclic) bond motifs is 1. The molecule has 0 spiro atoms. The fourth-order valence-electron chi connectivity index (χ4n) is 3.70. The Hall–Kier alpha value is -2.34. The lowest BCUT2D eigenvalue weighted by Gasteiger charge is -2.22. The third kappa shape index (κ3) is 2.98. The van der Waals surface area contributed by atoms with Crippen molar-refractivity contribution in [1.29, 1.82) is 0 Å². The van der Waals surface area contributed by atoms with Crippen molar-refractivity contribution in [3.8, 4) is 5.75 Å². The second-order valence-corrected chi connectivity index (χ2v) is 7.53. The molecule has 0 saturated carbocycles. The molecule has 0 aliphatic carbocycles. The standard InChI is InChI=1S/C20H19BrN2O3/c1-26-17-5-3-16(4-6-17)23-12-14(11-19(23)24)20(25)22-9-8-13-10-15(21)2-7-18(13)22/h2-7,10,14H,8-9,11-12H2,1H3/t14-/m1/s1. The van der Waals surface area contributed by atoms with Gasteiger partial charge in [-0.3, -0.25) is 9.59 Å². The number of hydrogen-bond acceptors (Lipinski definition) is 3. The molecule has 0 unspecified atom stereocenters. The maximum atomic E-state index is 13.0. The molecule has 2 aromatic rings. The van der Waals surface area contributed by atoms with E-state index in [0.717, 1.165) is 28.0 Å². The summed E-state index contributed by atoms with van der Waals surface area (Å²) in [4.78, 5) is 29.0. The van der Waals surface area contributed by atoms with Gasteiger partial charge in [0.15, 0.2) is 0 Å². The molecule has 6 heteroatoms. The molecular weight excluding hydrogens is 396 g/mol. The molecule has 2 heterocycles. The zero-order chi connectivity index (χ0) is 18.3. The summed E-state index contributed by atoms with van der Waals surface area (Å²) in [7, 11) is 1.61. The zero-order valence-electron chi connectivity index (χ0n) is 14.4. The number of anilines is 2. The fourth-order valence-corrected chi connectivity index (χ4v) is 4.11. The Labute approximate surface area is 160 Å². The van der Waals surface area contributed by atoms with E-state index < -0.39 is 0 Å². The van der Waals surface area contributed by atoms with Gasteiger partial charge in [0.1, 0.15) is 5.75 Å². The van der Waals surface area contributed by atoms with Crippen molar-refractivity contribution in [3.63, 3.8) is 0 Å². The van der Waals surface area contributed by atoms with Gasteiger partial charge in [0.05, 0.1) is 13.0 Å². The smallest absolute Gasteiger partial charge is 0.232 e. The minimum Gasteiger partial charge on any atom is -0.497 e. The van der Waals surface area contributed by atoms with Gasteiger partial charge >= 0.3 is 0 Å². The van der Waals surface area contributed by atoms with E-state index in [9.17, 15) is 9.59 Å². The molecule has 2 aliphatic rings. The molecular formula is C20H19BrN2O3. The lowest BCUT2D eigenvalue weighted by atomic mass is 10.1. The quantitative estimate of drug-likeness (QED) is 0.772. The van der Waals surface area contributed by atoms with Crippen LogP contribution < -0.4 is 14.5 Å². The summed E-state index contributed by atoms with van der Waals surface area (Å²) < 4.78 is 6.18. The molecule has 5 nitrogen and oxygen atoms in total. The lowest BCUT2D eigenvalue weighted by Crippen LogP contribution is -2.36. The summed E-state index contributed by atoms with van der Waals surface area (Å²) in [6.45, 7) is 1.10. The minimum atomic E-state index is -0.306. The number of ether oxygens (including phenoxy) is 1. The average molecular weight is 415 g/mol. The molecule has 4 rings (SSSR count). The first kappa shape index (κ1) is 17.1. The zero-order valence-corrected chi connectivity index (χ0v) is 16.0. The molecule has 1 fully saturated rings. The number of carbonyl (C=O) groups is 2. The van der Waals surface area contributed by atoms with Crippen molar-refractivity contribution in [3.05, 3.63) is 52.5 Å². The SMILES string of the molecule is COc1ccc(N2C[C@H](C(=O)N3CCc4cc(Br)ccc43)CC2=O)cc1. The maximum Gasteiger partial charge on any atom is 0.232 e. The van der Waals surface area contributed by atoms with Crippen LogP contribution >= 0.6 is 15.9 Å². The monoisotopic (exact) mass is 414 g/mol. The van der Waals surface area contributed by atoms with E-state index in [2.05, 4.69) is 22.0 Å². The Kier molecular flexibility index (Phi) is 4.44. The van der Waals surface area contributed by atoms with Crippen LogP contribution in [0.15, 0.2) is 46.9 Å². The second kappa shape index (κ2) is 6.76. The Morgan fingerprint density at radius 1 is 1.19 bits per heavy atom. The number of methoxy groups -OCH3 is 1. The first-order chi connectivity index (χ1) is 12.6. The van der Waals surface area contributed by atoms with Crippen LogP contribution in [0.25, 0.3) is 0 Å². The van der Waals surface area contributed by atoms with Crippen molar-refractivity contribution in [2.45, 2.75) is 12.8 Å². The molecule has 0 N–H and O–H groups in total. The number of rotatable bonds is 3. The first-order valence-corrected chi connectivity index (χ1v) is 9.40. The summed E-state index contributed by atoms with van der Waals surface area (Å²) in [6, 6.07) is 13.3. The Morgan fingerprint density at radius 2 is 1.96 bits per heavy atom. The molecule has 1 saturated heterocycles. The average Bonchev–Trinajstić information content (AvgIpc) is 3.24. The van der Waals surface area contributed by atoms with E-state index in [4.69, 9.17) is 4.74 Å². The summed E-state index contributed by atoms with van der Waals surface area (Å²) in [5, 5.41) is 0. The highest BCUT2D eigenvalue weighted by atomic mass is 79.9. The van der Waals surface area contributed by atoms with Gasteiger partial charge in [0.2, 0.25) is 11.8 Å². The molecule has 0 bridgehead atoms. The number of halogens is 1. The highest BCUT2D eigenvalue weighted by molar-refractivity contribution is 9.10. The summed E-state index contributed by atoms with van der Waals surface area (Å²) in [6.07, 6.45) is 1.11. The molecule has 2 amide bonds. The van der Waals surface area contributed by atoms with E-state index in [1.165, 1.54) is 5.56 Å². The summed E-state index contributed by atoms with van der Waals surface area (Å²) in [5.74, 6) is 0.464. The largest absolute Gasteiger partial charge is 0.497 e. The number of carbonyl (C=O) groups excluding carboxylic acids is 2. The first-order valence-electron chi connectivity index (χ1n) is 8.61.